The van der Waals surface area contributed by atoms with Gasteiger partial charge in [0.25, 0.3) is 0 Å². The number of likely N-dealkylation sites (N-methyl/N-ethyl adjacent to an activating group) is 1. The second-order valence-electron chi connectivity index (χ2n) is 5.33. The van der Waals surface area contributed by atoms with Gasteiger partial charge in [0.2, 0.25) is 5.95 Å². The predicted octanol–water partition coefficient (Wildman–Crippen LogP) is 2.68. The average molecular weight is 252 g/mol. The minimum absolute atomic E-state index is 0.415. The van der Waals surface area contributed by atoms with Crippen LogP contribution in [0.4, 0.5) is 5.95 Å². The summed E-state index contributed by atoms with van der Waals surface area (Å²) in [5.74, 6) is 1.63. The Morgan fingerprint density at radius 1 is 1.28 bits per heavy atom. The number of hydrogen-bond acceptors (Lipinski definition) is 3. The van der Waals surface area contributed by atoms with E-state index in [-0.39, 0.29) is 0 Å². The molecule has 0 radical (unpaired) electrons. The highest BCUT2D eigenvalue weighted by molar-refractivity contribution is 5.27. The molecule has 0 fully saturated rings. The summed E-state index contributed by atoms with van der Waals surface area (Å²) in [6, 6.07) is 0.415. The van der Waals surface area contributed by atoms with Gasteiger partial charge in [0.05, 0.1) is 0 Å². The van der Waals surface area contributed by atoms with Gasteiger partial charge in [0, 0.05) is 31.5 Å². The standard InChI is InChI=1S/C14H28N4/c1-6-17(7-2)11-13(5)16-14-15-8-9-18(14)10-12(3)4/h8-9,12-13H,6-7,10-11H2,1-5H3,(H,15,16). The van der Waals surface area contributed by atoms with Crippen molar-refractivity contribution in [2.75, 3.05) is 25.0 Å². The summed E-state index contributed by atoms with van der Waals surface area (Å²) in [6.07, 6.45) is 3.92. The first-order chi connectivity index (χ1) is 8.56. The van der Waals surface area contributed by atoms with Crippen LogP contribution in [0.25, 0.3) is 0 Å². The fourth-order valence-electron chi connectivity index (χ4n) is 2.13. The third kappa shape index (κ3) is 4.69. The Balaban J connectivity index is 2.53. The van der Waals surface area contributed by atoms with Crippen molar-refractivity contribution in [3.05, 3.63) is 12.4 Å². The fourth-order valence-corrected chi connectivity index (χ4v) is 2.13. The molecule has 0 aromatic carbocycles. The van der Waals surface area contributed by atoms with Crippen LogP contribution in [0.3, 0.4) is 0 Å². The van der Waals surface area contributed by atoms with E-state index in [1.165, 1.54) is 0 Å². The number of nitrogens with one attached hydrogen (secondary N) is 1. The number of hydrogen-bond donors (Lipinski definition) is 1. The fraction of sp³-hybridized carbons (Fsp3) is 0.786. The third-order valence-corrected chi connectivity index (χ3v) is 3.08. The molecule has 1 aromatic heterocycles. The molecule has 0 aliphatic heterocycles. The van der Waals surface area contributed by atoms with Crippen molar-refractivity contribution in [3.8, 4) is 0 Å². The number of anilines is 1. The van der Waals surface area contributed by atoms with Crippen molar-refractivity contribution >= 4 is 5.95 Å². The molecule has 0 bridgehead atoms. The van der Waals surface area contributed by atoms with Gasteiger partial charge < -0.3 is 14.8 Å². The van der Waals surface area contributed by atoms with Gasteiger partial charge in [0.1, 0.15) is 0 Å². The minimum atomic E-state index is 0.415. The summed E-state index contributed by atoms with van der Waals surface area (Å²) < 4.78 is 2.20. The van der Waals surface area contributed by atoms with Gasteiger partial charge in [-0.05, 0) is 25.9 Å². The molecule has 1 atom stereocenters. The molecule has 4 nitrogen and oxygen atoms in total. The highest BCUT2D eigenvalue weighted by atomic mass is 15.2. The number of aromatic nitrogens is 2. The first kappa shape index (κ1) is 15.0. The van der Waals surface area contributed by atoms with E-state index in [0.29, 0.717) is 12.0 Å². The van der Waals surface area contributed by atoms with E-state index >= 15 is 0 Å². The lowest BCUT2D eigenvalue weighted by molar-refractivity contribution is 0.294. The molecular formula is C14H28N4. The van der Waals surface area contributed by atoms with E-state index in [4.69, 9.17) is 0 Å². The first-order valence-electron chi connectivity index (χ1n) is 7.06. The lowest BCUT2D eigenvalue weighted by Gasteiger charge is -2.24. The van der Waals surface area contributed by atoms with Crippen LogP contribution >= 0.6 is 0 Å². The quantitative estimate of drug-likeness (QED) is 0.772. The Morgan fingerprint density at radius 3 is 2.50 bits per heavy atom. The van der Waals surface area contributed by atoms with Gasteiger partial charge in [-0.3, -0.25) is 0 Å². The van der Waals surface area contributed by atoms with Gasteiger partial charge >= 0.3 is 0 Å². The number of rotatable bonds is 8. The highest BCUT2D eigenvalue weighted by Crippen LogP contribution is 2.10. The van der Waals surface area contributed by atoms with Gasteiger partial charge in [-0.25, -0.2) is 4.98 Å². The smallest absolute Gasteiger partial charge is 0.203 e. The second-order valence-corrected chi connectivity index (χ2v) is 5.33. The molecule has 0 saturated carbocycles. The zero-order valence-corrected chi connectivity index (χ0v) is 12.5. The molecule has 1 heterocycles. The molecule has 104 valence electrons. The lowest BCUT2D eigenvalue weighted by Crippen LogP contribution is -2.35. The van der Waals surface area contributed by atoms with Crippen LogP contribution < -0.4 is 5.32 Å². The molecule has 1 aromatic rings. The normalized spacial score (nSPS) is 13.3. The Kier molecular flexibility index (Phi) is 6.19. The van der Waals surface area contributed by atoms with Crippen molar-refractivity contribution in [2.45, 2.75) is 47.2 Å². The van der Waals surface area contributed by atoms with E-state index in [1.807, 2.05) is 12.4 Å². The molecule has 0 aliphatic carbocycles. The molecule has 0 saturated heterocycles. The van der Waals surface area contributed by atoms with Crippen LogP contribution in [0, 0.1) is 5.92 Å². The molecule has 1 unspecified atom stereocenters. The average Bonchev–Trinajstić information content (AvgIpc) is 2.72. The summed E-state index contributed by atoms with van der Waals surface area (Å²) in [5, 5.41) is 3.51. The van der Waals surface area contributed by atoms with Crippen molar-refractivity contribution in [2.24, 2.45) is 5.92 Å². The van der Waals surface area contributed by atoms with E-state index < -0.39 is 0 Å². The summed E-state index contributed by atoms with van der Waals surface area (Å²) in [4.78, 5) is 6.83. The summed E-state index contributed by atoms with van der Waals surface area (Å²) >= 11 is 0. The van der Waals surface area contributed by atoms with Crippen LogP contribution in [0.5, 0.6) is 0 Å². The molecule has 0 amide bonds. The van der Waals surface area contributed by atoms with Gasteiger partial charge in [-0.1, -0.05) is 27.7 Å². The maximum Gasteiger partial charge on any atom is 0.203 e. The van der Waals surface area contributed by atoms with Crippen LogP contribution in [0.15, 0.2) is 12.4 Å². The van der Waals surface area contributed by atoms with Crippen molar-refractivity contribution < 1.29 is 0 Å². The molecule has 0 aliphatic rings. The maximum absolute atomic E-state index is 4.40. The molecule has 0 spiro atoms. The summed E-state index contributed by atoms with van der Waals surface area (Å²) in [5.41, 5.74) is 0. The Hall–Kier alpha value is -1.03. The van der Waals surface area contributed by atoms with Crippen molar-refractivity contribution in [3.63, 3.8) is 0 Å². The van der Waals surface area contributed by atoms with Crippen LogP contribution in [-0.2, 0) is 6.54 Å². The number of nitrogens with zero attached hydrogens (tertiary/aromatic N) is 3. The molecule has 4 heteroatoms. The number of imidazole rings is 1. The highest BCUT2D eigenvalue weighted by Gasteiger charge is 2.10. The van der Waals surface area contributed by atoms with Gasteiger partial charge in [-0.2, -0.15) is 0 Å². The van der Waals surface area contributed by atoms with Crippen LogP contribution in [-0.4, -0.2) is 40.1 Å². The lowest BCUT2D eigenvalue weighted by atomic mass is 10.2. The Bertz CT molecular complexity index is 328. The Morgan fingerprint density at radius 2 is 1.94 bits per heavy atom. The second kappa shape index (κ2) is 7.41. The summed E-state index contributed by atoms with van der Waals surface area (Å²) in [7, 11) is 0. The first-order valence-corrected chi connectivity index (χ1v) is 7.06. The zero-order valence-electron chi connectivity index (χ0n) is 12.5. The van der Waals surface area contributed by atoms with E-state index in [9.17, 15) is 0 Å². The molecule has 1 rings (SSSR count). The van der Waals surface area contributed by atoms with Gasteiger partial charge in [0.15, 0.2) is 0 Å². The zero-order chi connectivity index (χ0) is 13.5. The Labute approximate surface area is 111 Å². The maximum atomic E-state index is 4.40. The molecular weight excluding hydrogens is 224 g/mol. The minimum Gasteiger partial charge on any atom is -0.352 e. The van der Waals surface area contributed by atoms with Crippen LogP contribution in [0.1, 0.15) is 34.6 Å². The topological polar surface area (TPSA) is 33.1 Å². The van der Waals surface area contributed by atoms with Crippen molar-refractivity contribution in [1.29, 1.82) is 0 Å². The van der Waals surface area contributed by atoms with Crippen molar-refractivity contribution in [1.82, 2.24) is 14.5 Å². The van der Waals surface area contributed by atoms with Gasteiger partial charge in [-0.15, -0.1) is 0 Å². The van der Waals surface area contributed by atoms with E-state index in [1.54, 1.807) is 0 Å². The van der Waals surface area contributed by atoms with E-state index in [0.717, 1.165) is 32.1 Å². The largest absolute Gasteiger partial charge is 0.352 e. The third-order valence-electron chi connectivity index (χ3n) is 3.08. The molecule has 1 N–H and O–H groups in total. The monoisotopic (exact) mass is 252 g/mol. The SMILES string of the molecule is CCN(CC)CC(C)Nc1nccn1CC(C)C. The molecule has 18 heavy (non-hydrogen) atoms. The van der Waals surface area contributed by atoms with E-state index in [2.05, 4.69) is 54.4 Å². The summed E-state index contributed by atoms with van der Waals surface area (Å²) in [6.45, 7) is 15.3. The predicted molar refractivity (Wildman–Crippen MR) is 77.9 cm³/mol. The van der Waals surface area contributed by atoms with Crippen LogP contribution in [0.2, 0.25) is 0 Å².